The number of carbonyl (C=O) groups is 1. The van der Waals surface area contributed by atoms with Gasteiger partial charge in [0.2, 0.25) is 11.9 Å². The number of aryl methyl sites for hydroxylation is 1. The molecule has 4 rings (SSSR count). The summed E-state index contributed by atoms with van der Waals surface area (Å²) in [7, 11) is 1.88. The molecule has 1 fully saturated rings. The first-order chi connectivity index (χ1) is 15.5. The van der Waals surface area contributed by atoms with Crippen LogP contribution in [0.25, 0.3) is 11.1 Å². The van der Waals surface area contributed by atoms with E-state index in [4.69, 9.17) is 5.73 Å². The van der Waals surface area contributed by atoms with Crippen molar-refractivity contribution >= 4 is 11.9 Å². The molecule has 1 aliphatic heterocycles. The summed E-state index contributed by atoms with van der Waals surface area (Å²) in [4.78, 5) is 29.0. The number of hydrogen-bond acceptors (Lipinski definition) is 6. The van der Waals surface area contributed by atoms with Crippen molar-refractivity contribution in [3.63, 3.8) is 0 Å². The summed E-state index contributed by atoms with van der Waals surface area (Å²) >= 11 is 0. The second-order valence-corrected chi connectivity index (χ2v) is 8.55. The lowest BCUT2D eigenvalue weighted by atomic mass is 9.89. The number of amides is 1. The van der Waals surface area contributed by atoms with E-state index < -0.39 is 0 Å². The minimum absolute atomic E-state index is 0.235. The number of carbonyl (C=O) groups excluding carboxylic acids is 1. The molecule has 0 atom stereocenters. The summed E-state index contributed by atoms with van der Waals surface area (Å²) in [6.45, 7) is 4.87. The predicted octanol–water partition coefficient (Wildman–Crippen LogP) is 3.15. The number of pyridine rings is 1. The molecule has 3 aromatic rings. The molecule has 2 aromatic heterocycles. The van der Waals surface area contributed by atoms with E-state index in [-0.39, 0.29) is 12.5 Å². The molecule has 0 bridgehead atoms. The molecule has 1 saturated heterocycles. The fourth-order valence-electron chi connectivity index (χ4n) is 4.44. The topological polar surface area (TPSA) is 88.2 Å². The largest absolute Gasteiger partial charge is 0.369 e. The smallest absolute Gasteiger partial charge is 0.231 e. The summed E-state index contributed by atoms with van der Waals surface area (Å²) in [5.41, 5.74) is 10.9. The van der Waals surface area contributed by atoms with Crippen LogP contribution in [0.4, 0.5) is 5.95 Å². The van der Waals surface area contributed by atoms with E-state index >= 15 is 0 Å². The van der Waals surface area contributed by atoms with Gasteiger partial charge >= 0.3 is 0 Å². The van der Waals surface area contributed by atoms with Crippen LogP contribution in [-0.2, 0) is 11.3 Å². The molecule has 0 saturated carbocycles. The average molecular weight is 431 g/mol. The maximum atomic E-state index is 11.1. The Balaban J connectivity index is 1.39. The zero-order valence-corrected chi connectivity index (χ0v) is 18.7. The van der Waals surface area contributed by atoms with Gasteiger partial charge in [-0.05, 0) is 61.6 Å². The SMILES string of the molecule is Cc1ncccc1C1CCN(c2ncc(-c3cccc(CN(C)CC(N)=O)c3)cn2)CC1. The van der Waals surface area contributed by atoms with Crippen LogP contribution >= 0.6 is 0 Å². The fraction of sp³-hybridized carbons (Fsp3) is 0.360. The van der Waals surface area contributed by atoms with Crippen molar-refractivity contribution in [1.82, 2.24) is 19.9 Å². The van der Waals surface area contributed by atoms with Crippen LogP contribution in [-0.4, -0.2) is 52.4 Å². The van der Waals surface area contributed by atoms with E-state index in [1.165, 1.54) is 5.56 Å². The van der Waals surface area contributed by atoms with Gasteiger partial charge < -0.3 is 10.6 Å². The predicted molar refractivity (Wildman–Crippen MR) is 126 cm³/mol. The Kier molecular flexibility index (Phi) is 6.75. The number of likely N-dealkylation sites (N-methyl/N-ethyl adjacent to an activating group) is 1. The van der Waals surface area contributed by atoms with Gasteiger partial charge in [-0.3, -0.25) is 14.7 Å². The highest BCUT2D eigenvalue weighted by Crippen LogP contribution is 2.31. The molecular formula is C25H30N6O. The van der Waals surface area contributed by atoms with Crippen molar-refractivity contribution in [2.45, 2.75) is 32.2 Å². The van der Waals surface area contributed by atoms with Crippen molar-refractivity contribution < 1.29 is 4.79 Å². The highest BCUT2D eigenvalue weighted by atomic mass is 16.1. The molecule has 1 aliphatic rings. The highest BCUT2D eigenvalue weighted by molar-refractivity contribution is 5.75. The minimum Gasteiger partial charge on any atom is -0.369 e. The van der Waals surface area contributed by atoms with Crippen molar-refractivity contribution in [2.24, 2.45) is 5.73 Å². The van der Waals surface area contributed by atoms with Crippen molar-refractivity contribution in [1.29, 1.82) is 0 Å². The first-order valence-corrected chi connectivity index (χ1v) is 11.0. The summed E-state index contributed by atoms with van der Waals surface area (Å²) in [6, 6.07) is 12.5. The van der Waals surface area contributed by atoms with E-state index in [1.54, 1.807) is 0 Å². The maximum absolute atomic E-state index is 11.1. The third-order valence-corrected chi connectivity index (χ3v) is 6.04. The molecule has 0 unspecified atom stereocenters. The van der Waals surface area contributed by atoms with Crippen LogP contribution in [0.5, 0.6) is 0 Å². The monoisotopic (exact) mass is 430 g/mol. The van der Waals surface area contributed by atoms with Crippen molar-refractivity contribution in [3.05, 3.63) is 71.8 Å². The third kappa shape index (κ3) is 5.29. The normalized spacial score (nSPS) is 14.7. The van der Waals surface area contributed by atoms with Crippen molar-refractivity contribution in [3.8, 4) is 11.1 Å². The molecule has 2 N–H and O–H groups in total. The maximum Gasteiger partial charge on any atom is 0.231 e. The molecule has 32 heavy (non-hydrogen) atoms. The summed E-state index contributed by atoms with van der Waals surface area (Å²) < 4.78 is 0. The van der Waals surface area contributed by atoms with E-state index in [2.05, 4.69) is 45.0 Å². The molecule has 1 amide bonds. The van der Waals surface area contributed by atoms with E-state index in [0.717, 1.165) is 54.3 Å². The Hall–Kier alpha value is -3.32. The number of rotatable bonds is 7. The second kappa shape index (κ2) is 9.87. The third-order valence-electron chi connectivity index (χ3n) is 6.04. The first-order valence-electron chi connectivity index (χ1n) is 11.0. The number of aromatic nitrogens is 3. The van der Waals surface area contributed by atoms with Gasteiger partial charge in [0.25, 0.3) is 0 Å². The number of primary amides is 1. The van der Waals surface area contributed by atoms with E-state index in [0.29, 0.717) is 12.5 Å². The zero-order chi connectivity index (χ0) is 22.5. The number of anilines is 1. The van der Waals surface area contributed by atoms with Crippen LogP contribution in [0.3, 0.4) is 0 Å². The van der Waals surface area contributed by atoms with E-state index in [1.807, 2.05) is 48.7 Å². The standard InChI is InChI=1S/C25H30N6O/c1-18-23(7-4-10-27-18)20-8-11-31(12-9-20)25-28-14-22(15-29-25)21-6-3-5-19(13-21)16-30(2)17-24(26)32/h3-7,10,13-15,20H,8-9,11-12,16-17H2,1-2H3,(H2,26,32). The van der Waals surface area contributed by atoms with E-state index in [9.17, 15) is 4.79 Å². The summed E-state index contributed by atoms with van der Waals surface area (Å²) in [5.74, 6) is 1.01. The molecule has 0 aliphatic carbocycles. The van der Waals surface area contributed by atoms with Crippen LogP contribution in [0.15, 0.2) is 55.0 Å². The summed E-state index contributed by atoms with van der Waals surface area (Å²) in [5, 5.41) is 0. The first kappa shape index (κ1) is 21.9. The lowest BCUT2D eigenvalue weighted by Gasteiger charge is -2.32. The molecule has 166 valence electrons. The Morgan fingerprint density at radius 1 is 1.09 bits per heavy atom. The second-order valence-electron chi connectivity index (χ2n) is 8.55. The Morgan fingerprint density at radius 2 is 1.84 bits per heavy atom. The Labute approximate surface area is 189 Å². The highest BCUT2D eigenvalue weighted by Gasteiger charge is 2.23. The molecule has 1 aromatic carbocycles. The quantitative estimate of drug-likeness (QED) is 0.620. The summed E-state index contributed by atoms with van der Waals surface area (Å²) in [6.07, 6.45) is 7.81. The van der Waals surface area contributed by atoms with Gasteiger partial charge in [-0.1, -0.05) is 24.3 Å². The zero-order valence-electron chi connectivity index (χ0n) is 18.7. The number of nitrogens with two attached hydrogens (primary N) is 1. The Bertz CT molecular complexity index is 1060. The van der Waals surface area contributed by atoms with Gasteiger partial charge in [0.15, 0.2) is 0 Å². The number of nitrogens with zero attached hydrogens (tertiary/aromatic N) is 5. The lowest BCUT2D eigenvalue weighted by molar-refractivity contribution is -0.118. The van der Waals surface area contributed by atoms with Gasteiger partial charge in [-0.25, -0.2) is 9.97 Å². The van der Waals surface area contributed by atoms with Gasteiger partial charge in [0.1, 0.15) is 0 Å². The number of hydrogen-bond donors (Lipinski definition) is 1. The van der Waals surface area contributed by atoms with Crippen LogP contribution < -0.4 is 10.6 Å². The van der Waals surface area contributed by atoms with Crippen LogP contribution in [0.1, 0.15) is 35.6 Å². The molecule has 3 heterocycles. The van der Waals surface area contributed by atoms with Gasteiger partial charge in [-0.15, -0.1) is 0 Å². The molecule has 7 heteroatoms. The molecular weight excluding hydrogens is 400 g/mol. The Morgan fingerprint density at radius 3 is 2.53 bits per heavy atom. The molecule has 0 spiro atoms. The van der Waals surface area contributed by atoms with Crippen LogP contribution in [0.2, 0.25) is 0 Å². The van der Waals surface area contributed by atoms with Crippen LogP contribution in [0, 0.1) is 6.92 Å². The minimum atomic E-state index is -0.327. The molecule has 7 nitrogen and oxygen atoms in total. The average Bonchev–Trinajstić information content (AvgIpc) is 2.79. The van der Waals surface area contributed by atoms with Gasteiger partial charge in [0, 0.05) is 49.5 Å². The molecule has 0 radical (unpaired) electrons. The lowest BCUT2D eigenvalue weighted by Crippen LogP contribution is -2.34. The van der Waals surface area contributed by atoms with Gasteiger partial charge in [-0.2, -0.15) is 0 Å². The van der Waals surface area contributed by atoms with Gasteiger partial charge in [0.05, 0.1) is 6.54 Å². The fourth-order valence-corrected chi connectivity index (χ4v) is 4.44. The number of piperidine rings is 1. The number of benzene rings is 1. The van der Waals surface area contributed by atoms with Crippen molar-refractivity contribution in [2.75, 3.05) is 31.6 Å².